The molecule has 3 rings (SSSR count). The molecule has 1 amide bonds. The number of carbonyl (C=O) groups excluding carboxylic acids is 1. The molecule has 28 heavy (non-hydrogen) atoms. The molecule has 0 unspecified atom stereocenters. The van der Waals surface area contributed by atoms with Gasteiger partial charge in [-0.3, -0.25) is 9.69 Å². The van der Waals surface area contributed by atoms with Crippen LogP contribution in [0.5, 0.6) is 11.5 Å². The van der Waals surface area contributed by atoms with Crippen molar-refractivity contribution in [2.24, 2.45) is 4.99 Å². The number of hydrogen-bond acceptors (Lipinski definition) is 5. The highest BCUT2D eigenvalue weighted by Gasteiger charge is 2.32. The molecule has 2 aromatic carbocycles. The van der Waals surface area contributed by atoms with E-state index in [2.05, 4.69) is 4.99 Å². The van der Waals surface area contributed by atoms with Gasteiger partial charge in [-0.1, -0.05) is 30.3 Å². The number of ether oxygens (including phenoxy) is 2. The Morgan fingerprint density at radius 1 is 1.21 bits per heavy atom. The maximum absolute atomic E-state index is 13.5. The van der Waals surface area contributed by atoms with Crippen LogP contribution in [0, 0.1) is 5.82 Å². The molecule has 0 spiro atoms. The molecule has 0 N–H and O–H groups in total. The second kappa shape index (κ2) is 8.67. The summed E-state index contributed by atoms with van der Waals surface area (Å²) in [6, 6.07) is 9.44. The Kier molecular flexibility index (Phi) is 6.26. The number of carbonyl (C=O) groups is 1. The van der Waals surface area contributed by atoms with E-state index in [-0.39, 0.29) is 16.6 Å². The molecule has 0 saturated carbocycles. The van der Waals surface area contributed by atoms with Crippen LogP contribution in [0.15, 0.2) is 47.1 Å². The lowest BCUT2D eigenvalue weighted by molar-refractivity contribution is -0.113. The second-order valence-electron chi connectivity index (χ2n) is 5.70. The van der Waals surface area contributed by atoms with Crippen LogP contribution in [0.2, 0.25) is 5.02 Å². The van der Waals surface area contributed by atoms with Gasteiger partial charge < -0.3 is 9.47 Å². The van der Waals surface area contributed by atoms with Gasteiger partial charge in [0.2, 0.25) is 0 Å². The molecule has 1 heterocycles. The van der Waals surface area contributed by atoms with Crippen molar-refractivity contribution in [3.8, 4) is 11.5 Å². The predicted octanol–water partition coefficient (Wildman–Crippen LogP) is 4.99. The molecule has 0 bridgehead atoms. The van der Waals surface area contributed by atoms with E-state index in [4.69, 9.17) is 21.1 Å². The Bertz CT molecular complexity index is 978. The third-order valence-electron chi connectivity index (χ3n) is 4.00. The van der Waals surface area contributed by atoms with Crippen LogP contribution < -0.4 is 14.4 Å². The number of methoxy groups -OCH3 is 2. The number of rotatable bonds is 5. The molecular weight excluding hydrogens is 403 g/mol. The van der Waals surface area contributed by atoms with Crippen molar-refractivity contribution in [2.45, 2.75) is 6.92 Å². The average molecular weight is 421 g/mol. The van der Waals surface area contributed by atoms with Crippen molar-refractivity contribution >= 4 is 46.2 Å². The van der Waals surface area contributed by atoms with Gasteiger partial charge in [-0.2, -0.15) is 0 Å². The van der Waals surface area contributed by atoms with E-state index in [9.17, 15) is 9.18 Å². The highest BCUT2D eigenvalue weighted by Crippen LogP contribution is 2.33. The van der Waals surface area contributed by atoms with Crippen LogP contribution in [-0.2, 0) is 4.79 Å². The van der Waals surface area contributed by atoms with E-state index in [0.29, 0.717) is 27.9 Å². The largest absolute Gasteiger partial charge is 0.497 e. The molecule has 0 radical (unpaired) electrons. The molecule has 1 aliphatic rings. The number of benzene rings is 2. The lowest BCUT2D eigenvalue weighted by Crippen LogP contribution is -2.30. The Hall–Kier alpha value is -2.51. The minimum Gasteiger partial charge on any atom is -0.497 e. The number of halogens is 2. The first-order chi connectivity index (χ1) is 13.5. The summed E-state index contributed by atoms with van der Waals surface area (Å²) in [6.07, 6.45) is 1.65. The molecule has 2 aromatic rings. The maximum Gasteiger partial charge on any atom is 0.283 e. The van der Waals surface area contributed by atoms with Crippen LogP contribution >= 0.6 is 23.4 Å². The fourth-order valence-corrected chi connectivity index (χ4v) is 3.57. The minimum absolute atomic E-state index is 0.0552. The molecule has 146 valence electrons. The summed E-state index contributed by atoms with van der Waals surface area (Å²) < 4.78 is 24.1. The van der Waals surface area contributed by atoms with E-state index in [1.165, 1.54) is 34.9 Å². The molecule has 1 aliphatic heterocycles. The van der Waals surface area contributed by atoms with Gasteiger partial charge in [0, 0.05) is 11.6 Å². The van der Waals surface area contributed by atoms with E-state index in [0.717, 1.165) is 5.75 Å². The summed E-state index contributed by atoms with van der Waals surface area (Å²) in [5, 5.41) is 0.453. The van der Waals surface area contributed by atoms with Gasteiger partial charge in [-0.15, -0.1) is 0 Å². The van der Waals surface area contributed by atoms with Gasteiger partial charge in [-0.05, 0) is 42.2 Å². The van der Waals surface area contributed by atoms with Gasteiger partial charge >= 0.3 is 0 Å². The van der Waals surface area contributed by atoms with Crippen molar-refractivity contribution in [3.63, 3.8) is 0 Å². The number of hydrogen-bond donors (Lipinski definition) is 0. The van der Waals surface area contributed by atoms with Gasteiger partial charge in [-0.25, -0.2) is 9.38 Å². The third kappa shape index (κ3) is 4.00. The van der Waals surface area contributed by atoms with Gasteiger partial charge in [0.25, 0.3) is 5.91 Å². The lowest BCUT2D eigenvalue weighted by atomic mass is 10.1. The van der Waals surface area contributed by atoms with Crippen LogP contribution in [-0.4, -0.2) is 31.0 Å². The van der Waals surface area contributed by atoms with E-state index in [1.807, 2.05) is 6.92 Å². The maximum atomic E-state index is 13.5. The summed E-state index contributed by atoms with van der Waals surface area (Å²) >= 11 is 7.31. The summed E-state index contributed by atoms with van der Waals surface area (Å²) in [5.41, 5.74) is 1.40. The zero-order valence-corrected chi connectivity index (χ0v) is 17.1. The molecule has 0 saturated heterocycles. The fraction of sp³-hybridized carbons (Fsp3) is 0.200. The Morgan fingerprint density at radius 3 is 2.64 bits per heavy atom. The number of anilines is 1. The van der Waals surface area contributed by atoms with Gasteiger partial charge in [0.05, 0.1) is 24.9 Å². The number of aliphatic imine (C=N–C) groups is 1. The van der Waals surface area contributed by atoms with Crippen molar-refractivity contribution < 1.29 is 18.7 Å². The summed E-state index contributed by atoms with van der Waals surface area (Å²) in [7, 11) is 3.11. The first kappa shape index (κ1) is 20.2. The predicted molar refractivity (Wildman–Crippen MR) is 112 cm³/mol. The van der Waals surface area contributed by atoms with Crippen LogP contribution in [0.3, 0.4) is 0 Å². The third-order valence-corrected chi connectivity index (χ3v) is 5.11. The number of thioether (sulfide) groups is 1. The van der Waals surface area contributed by atoms with Gasteiger partial charge in [0.1, 0.15) is 23.0 Å². The SMILES string of the molecule is CCSC1=NC(=Cc2ccc(OC)cc2OC)C(=O)N1c1ccc(F)c(Cl)c1. The van der Waals surface area contributed by atoms with Crippen molar-refractivity contribution in [2.75, 3.05) is 24.9 Å². The van der Waals surface area contributed by atoms with Crippen molar-refractivity contribution in [3.05, 3.63) is 58.5 Å². The fourth-order valence-electron chi connectivity index (χ4n) is 2.66. The van der Waals surface area contributed by atoms with Gasteiger partial charge in [0.15, 0.2) is 5.17 Å². The van der Waals surface area contributed by atoms with E-state index in [1.54, 1.807) is 38.5 Å². The molecule has 8 heteroatoms. The van der Waals surface area contributed by atoms with Crippen molar-refractivity contribution in [1.29, 1.82) is 0 Å². The van der Waals surface area contributed by atoms with E-state index >= 15 is 0 Å². The lowest BCUT2D eigenvalue weighted by Gasteiger charge is -2.17. The highest BCUT2D eigenvalue weighted by atomic mass is 35.5. The Balaban J connectivity index is 2.02. The average Bonchev–Trinajstić information content (AvgIpc) is 2.99. The molecule has 0 aliphatic carbocycles. The molecule has 0 atom stereocenters. The van der Waals surface area contributed by atoms with Crippen LogP contribution in [0.1, 0.15) is 12.5 Å². The topological polar surface area (TPSA) is 51.1 Å². The molecular formula is C20H18ClFN2O3S. The smallest absolute Gasteiger partial charge is 0.283 e. The first-order valence-corrected chi connectivity index (χ1v) is 9.79. The number of amides is 1. The Morgan fingerprint density at radius 2 is 2.00 bits per heavy atom. The number of nitrogens with zero attached hydrogens (tertiary/aromatic N) is 2. The zero-order valence-electron chi connectivity index (χ0n) is 15.5. The zero-order chi connectivity index (χ0) is 20.3. The second-order valence-corrected chi connectivity index (χ2v) is 7.34. The molecule has 0 fully saturated rings. The summed E-state index contributed by atoms with van der Waals surface area (Å²) in [5.74, 6) is 1.05. The van der Waals surface area contributed by atoms with E-state index < -0.39 is 5.82 Å². The summed E-state index contributed by atoms with van der Waals surface area (Å²) in [4.78, 5) is 18.9. The first-order valence-electron chi connectivity index (χ1n) is 8.43. The van der Waals surface area contributed by atoms with Crippen LogP contribution in [0.25, 0.3) is 6.08 Å². The highest BCUT2D eigenvalue weighted by molar-refractivity contribution is 8.14. The minimum atomic E-state index is -0.544. The quantitative estimate of drug-likeness (QED) is 0.639. The summed E-state index contributed by atoms with van der Waals surface area (Å²) in [6.45, 7) is 1.96. The molecule has 0 aromatic heterocycles. The Labute approximate surface area is 171 Å². The number of amidine groups is 1. The van der Waals surface area contributed by atoms with Crippen LogP contribution in [0.4, 0.5) is 10.1 Å². The standard InChI is InChI=1S/C20H18ClFN2O3S/c1-4-28-20-23-17(9-12-5-7-14(26-2)11-18(12)27-3)19(25)24(20)13-6-8-16(22)15(21)10-13/h5-11H,4H2,1-3H3. The van der Waals surface area contributed by atoms with Crippen molar-refractivity contribution in [1.82, 2.24) is 0 Å². The molecule has 5 nitrogen and oxygen atoms in total. The normalized spacial score (nSPS) is 15.2. The monoisotopic (exact) mass is 420 g/mol.